The second-order valence-corrected chi connectivity index (χ2v) is 6.16. The number of hydrogen-bond acceptors (Lipinski definition) is 4. The van der Waals surface area contributed by atoms with Crippen molar-refractivity contribution in [2.75, 3.05) is 13.1 Å². The van der Waals surface area contributed by atoms with Gasteiger partial charge in [-0.1, -0.05) is 38.1 Å². The van der Waals surface area contributed by atoms with E-state index in [9.17, 15) is 0 Å². The Morgan fingerprint density at radius 3 is 2.43 bits per heavy atom. The fourth-order valence-electron chi connectivity index (χ4n) is 2.36. The van der Waals surface area contributed by atoms with Crippen LogP contribution in [0.2, 0.25) is 0 Å². The quantitative estimate of drug-likeness (QED) is 0.808. The number of nitrogens with zero attached hydrogens (tertiary/aromatic N) is 2. The van der Waals surface area contributed by atoms with Gasteiger partial charge in [0.2, 0.25) is 0 Å². The monoisotopic (exact) mass is 303 g/mol. The van der Waals surface area contributed by atoms with Crippen LogP contribution in [-0.4, -0.2) is 23.0 Å². The average molecular weight is 303 g/mol. The predicted octanol–water partition coefficient (Wildman–Crippen LogP) is 3.58. The summed E-state index contributed by atoms with van der Waals surface area (Å²) >= 11 is 1.72. The van der Waals surface area contributed by atoms with E-state index < -0.39 is 0 Å². The number of hydrogen-bond donors (Lipinski definition) is 1. The molecule has 2 aromatic rings. The summed E-state index contributed by atoms with van der Waals surface area (Å²) in [6, 6.07) is 8.71. The minimum atomic E-state index is 0.845. The highest BCUT2D eigenvalue weighted by Crippen LogP contribution is 2.13. The Morgan fingerprint density at radius 2 is 1.81 bits per heavy atom. The Kier molecular flexibility index (Phi) is 6.36. The second-order valence-electron chi connectivity index (χ2n) is 5.22. The first kappa shape index (κ1) is 16.1. The van der Waals surface area contributed by atoms with E-state index in [4.69, 9.17) is 0 Å². The van der Waals surface area contributed by atoms with E-state index in [2.05, 4.69) is 58.7 Å². The normalized spacial score (nSPS) is 11.2. The van der Waals surface area contributed by atoms with Crippen molar-refractivity contribution in [1.29, 1.82) is 0 Å². The lowest BCUT2D eigenvalue weighted by atomic mass is 10.1. The number of aryl methyl sites for hydroxylation is 1. The van der Waals surface area contributed by atoms with Crippen LogP contribution in [0.4, 0.5) is 0 Å². The Morgan fingerprint density at radius 1 is 1.10 bits per heavy atom. The van der Waals surface area contributed by atoms with Gasteiger partial charge in [-0.3, -0.25) is 4.90 Å². The molecule has 1 aromatic heterocycles. The van der Waals surface area contributed by atoms with Gasteiger partial charge in [0.05, 0.1) is 0 Å². The summed E-state index contributed by atoms with van der Waals surface area (Å²) in [5.74, 6) is 0. The fraction of sp³-hybridized carbons (Fsp3) is 0.471. The summed E-state index contributed by atoms with van der Waals surface area (Å²) in [5.41, 5.74) is 3.92. The van der Waals surface area contributed by atoms with E-state index in [-0.39, 0.29) is 0 Å². The molecule has 3 nitrogen and oxygen atoms in total. The molecule has 4 heteroatoms. The molecule has 0 fully saturated rings. The minimum absolute atomic E-state index is 0.845. The van der Waals surface area contributed by atoms with Gasteiger partial charge in [-0.25, -0.2) is 4.98 Å². The van der Waals surface area contributed by atoms with Crippen LogP contribution in [0.15, 0.2) is 29.6 Å². The topological polar surface area (TPSA) is 28.2 Å². The van der Waals surface area contributed by atoms with E-state index in [1.807, 2.05) is 6.92 Å². The summed E-state index contributed by atoms with van der Waals surface area (Å²) in [4.78, 5) is 6.93. The lowest BCUT2D eigenvalue weighted by Gasteiger charge is -2.20. The molecule has 0 bridgehead atoms. The van der Waals surface area contributed by atoms with Gasteiger partial charge in [0.1, 0.15) is 5.01 Å². The molecule has 0 saturated heterocycles. The molecule has 21 heavy (non-hydrogen) atoms. The van der Waals surface area contributed by atoms with E-state index in [1.165, 1.54) is 11.1 Å². The minimum Gasteiger partial charge on any atom is -0.306 e. The van der Waals surface area contributed by atoms with E-state index in [0.717, 1.165) is 43.4 Å². The van der Waals surface area contributed by atoms with Crippen LogP contribution in [0.3, 0.4) is 0 Å². The molecule has 1 aromatic carbocycles. The highest BCUT2D eigenvalue weighted by molar-refractivity contribution is 7.09. The lowest BCUT2D eigenvalue weighted by Crippen LogP contribution is -2.23. The standard InChI is InChI=1S/C17H25N3S/c1-4-20(5-2)12-16-9-7-6-8-15(16)10-18-11-17-19-14(3)13-21-17/h6-9,13,18H,4-5,10-12H2,1-3H3. The van der Waals surface area contributed by atoms with E-state index >= 15 is 0 Å². The smallest absolute Gasteiger partial charge is 0.107 e. The number of benzene rings is 1. The van der Waals surface area contributed by atoms with Crippen LogP contribution in [0.1, 0.15) is 35.7 Å². The maximum absolute atomic E-state index is 4.49. The zero-order chi connectivity index (χ0) is 15.1. The van der Waals surface area contributed by atoms with E-state index in [0.29, 0.717) is 0 Å². The van der Waals surface area contributed by atoms with Gasteiger partial charge in [-0.05, 0) is 31.1 Å². The molecule has 0 spiro atoms. The molecule has 0 saturated carbocycles. The SMILES string of the molecule is CCN(CC)Cc1ccccc1CNCc1nc(C)cs1. The van der Waals surface area contributed by atoms with Crippen molar-refractivity contribution in [3.05, 3.63) is 51.5 Å². The Hall–Kier alpha value is -1.23. The molecule has 2 rings (SSSR count). The van der Waals surface area contributed by atoms with Crippen molar-refractivity contribution in [1.82, 2.24) is 15.2 Å². The summed E-state index contributed by atoms with van der Waals surface area (Å²) in [6.45, 7) is 11.4. The molecule has 0 aliphatic rings. The van der Waals surface area contributed by atoms with Gasteiger partial charge in [0.25, 0.3) is 0 Å². The van der Waals surface area contributed by atoms with Crippen molar-refractivity contribution < 1.29 is 0 Å². The number of rotatable bonds is 8. The second kappa shape index (κ2) is 8.27. The Labute approximate surface area is 132 Å². The molecule has 0 radical (unpaired) electrons. The first-order valence-corrected chi connectivity index (χ1v) is 8.51. The molecule has 0 amide bonds. The molecule has 1 N–H and O–H groups in total. The number of nitrogens with one attached hydrogen (secondary N) is 1. The number of thiazole rings is 1. The van der Waals surface area contributed by atoms with Gasteiger partial charge in [0, 0.05) is 30.7 Å². The van der Waals surface area contributed by atoms with Crippen molar-refractivity contribution >= 4 is 11.3 Å². The third-order valence-electron chi connectivity index (χ3n) is 3.67. The van der Waals surface area contributed by atoms with Crippen LogP contribution in [-0.2, 0) is 19.6 Å². The van der Waals surface area contributed by atoms with Crippen LogP contribution >= 0.6 is 11.3 Å². The summed E-state index contributed by atoms with van der Waals surface area (Å²) < 4.78 is 0. The van der Waals surface area contributed by atoms with Gasteiger partial charge in [-0.2, -0.15) is 0 Å². The van der Waals surface area contributed by atoms with E-state index in [1.54, 1.807) is 11.3 Å². The Balaban J connectivity index is 1.93. The third kappa shape index (κ3) is 4.92. The molecule has 114 valence electrons. The predicted molar refractivity (Wildman–Crippen MR) is 90.5 cm³/mol. The summed E-state index contributed by atoms with van der Waals surface area (Å²) in [7, 11) is 0. The third-order valence-corrected chi connectivity index (χ3v) is 4.63. The molecular formula is C17H25N3S. The summed E-state index contributed by atoms with van der Waals surface area (Å²) in [5, 5.41) is 6.77. The zero-order valence-electron chi connectivity index (χ0n) is 13.2. The molecular weight excluding hydrogens is 278 g/mol. The van der Waals surface area contributed by atoms with Crippen molar-refractivity contribution in [3.63, 3.8) is 0 Å². The average Bonchev–Trinajstić information content (AvgIpc) is 2.91. The van der Waals surface area contributed by atoms with Crippen LogP contribution < -0.4 is 5.32 Å². The highest BCUT2D eigenvalue weighted by Gasteiger charge is 2.06. The summed E-state index contributed by atoms with van der Waals surface area (Å²) in [6.07, 6.45) is 0. The van der Waals surface area contributed by atoms with Gasteiger partial charge >= 0.3 is 0 Å². The maximum Gasteiger partial charge on any atom is 0.107 e. The molecule has 1 heterocycles. The Bertz CT molecular complexity index is 546. The fourth-order valence-corrected chi connectivity index (χ4v) is 3.10. The first-order chi connectivity index (χ1) is 10.2. The van der Waals surface area contributed by atoms with Crippen molar-refractivity contribution in [3.8, 4) is 0 Å². The molecule has 0 unspecified atom stereocenters. The molecule has 0 aliphatic carbocycles. The first-order valence-electron chi connectivity index (χ1n) is 7.63. The molecule has 0 atom stereocenters. The van der Waals surface area contributed by atoms with Crippen molar-refractivity contribution in [2.45, 2.75) is 40.4 Å². The van der Waals surface area contributed by atoms with Gasteiger partial charge in [-0.15, -0.1) is 11.3 Å². The largest absolute Gasteiger partial charge is 0.306 e. The van der Waals surface area contributed by atoms with Crippen LogP contribution in [0.25, 0.3) is 0 Å². The highest BCUT2D eigenvalue weighted by atomic mass is 32.1. The maximum atomic E-state index is 4.49. The lowest BCUT2D eigenvalue weighted by molar-refractivity contribution is 0.294. The zero-order valence-corrected chi connectivity index (χ0v) is 14.0. The van der Waals surface area contributed by atoms with Crippen LogP contribution in [0.5, 0.6) is 0 Å². The number of aromatic nitrogens is 1. The van der Waals surface area contributed by atoms with Crippen LogP contribution in [0, 0.1) is 6.92 Å². The van der Waals surface area contributed by atoms with Gasteiger partial charge in [0.15, 0.2) is 0 Å². The van der Waals surface area contributed by atoms with Crippen molar-refractivity contribution in [2.24, 2.45) is 0 Å². The van der Waals surface area contributed by atoms with Gasteiger partial charge < -0.3 is 5.32 Å². The molecule has 0 aliphatic heterocycles.